The molecule has 1 fully saturated rings. The molecule has 0 saturated heterocycles. The van der Waals surface area contributed by atoms with Crippen LogP contribution < -0.4 is 15.4 Å². The SMILES string of the molecule is CCNC(=NCc1ccccc1OCC1CC1)NCc1nc(C)c(C)o1.I. The second-order valence-electron chi connectivity index (χ2n) is 6.66. The van der Waals surface area contributed by atoms with Crippen molar-refractivity contribution in [2.24, 2.45) is 10.9 Å². The molecular weight excluding hydrogens is 455 g/mol. The lowest BCUT2D eigenvalue weighted by Crippen LogP contribution is -2.36. The minimum Gasteiger partial charge on any atom is -0.493 e. The first-order chi connectivity index (χ1) is 12.7. The Labute approximate surface area is 178 Å². The number of aliphatic imine (C=N–C) groups is 1. The molecule has 1 aromatic carbocycles. The van der Waals surface area contributed by atoms with Gasteiger partial charge >= 0.3 is 0 Å². The van der Waals surface area contributed by atoms with Crippen LogP contribution in [0.15, 0.2) is 33.7 Å². The molecule has 3 rings (SSSR count). The van der Waals surface area contributed by atoms with Crippen molar-refractivity contribution >= 4 is 29.9 Å². The molecule has 1 aliphatic rings. The number of halogens is 1. The summed E-state index contributed by atoms with van der Waals surface area (Å²) in [6.07, 6.45) is 2.57. The van der Waals surface area contributed by atoms with Gasteiger partial charge in [0.25, 0.3) is 0 Å². The molecule has 0 spiro atoms. The Morgan fingerprint density at radius 1 is 1.26 bits per heavy atom. The van der Waals surface area contributed by atoms with E-state index in [9.17, 15) is 0 Å². The fourth-order valence-corrected chi connectivity index (χ4v) is 2.55. The maximum absolute atomic E-state index is 5.96. The summed E-state index contributed by atoms with van der Waals surface area (Å²) in [6.45, 7) is 8.56. The molecule has 0 atom stereocenters. The van der Waals surface area contributed by atoms with Crippen molar-refractivity contribution < 1.29 is 9.15 Å². The largest absolute Gasteiger partial charge is 0.493 e. The van der Waals surface area contributed by atoms with Crippen molar-refractivity contribution in [2.45, 2.75) is 46.7 Å². The topological polar surface area (TPSA) is 71.7 Å². The van der Waals surface area contributed by atoms with E-state index >= 15 is 0 Å². The van der Waals surface area contributed by atoms with Gasteiger partial charge in [0, 0.05) is 12.1 Å². The average molecular weight is 484 g/mol. The smallest absolute Gasteiger partial charge is 0.214 e. The Kier molecular flexibility index (Phi) is 8.40. The summed E-state index contributed by atoms with van der Waals surface area (Å²) in [6, 6.07) is 8.11. The van der Waals surface area contributed by atoms with Gasteiger partial charge in [-0.1, -0.05) is 18.2 Å². The van der Waals surface area contributed by atoms with Crippen LogP contribution >= 0.6 is 24.0 Å². The van der Waals surface area contributed by atoms with Crippen molar-refractivity contribution in [2.75, 3.05) is 13.2 Å². The summed E-state index contributed by atoms with van der Waals surface area (Å²) < 4.78 is 11.6. The van der Waals surface area contributed by atoms with E-state index in [1.54, 1.807) is 0 Å². The first-order valence-corrected chi connectivity index (χ1v) is 9.31. The summed E-state index contributed by atoms with van der Waals surface area (Å²) in [5.41, 5.74) is 2.01. The fraction of sp³-hybridized carbons (Fsp3) is 0.500. The molecular formula is C20H29IN4O2. The molecule has 0 radical (unpaired) electrons. The van der Waals surface area contributed by atoms with E-state index in [-0.39, 0.29) is 24.0 Å². The number of oxazole rings is 1. The second-order valence-corrected chi connectivity index (χ2v) is 6.66. The van der Waals surface area contributed by atoms with Gasteiger partial charge in [-0.3, -0.25) is 0 Å². The number of nitrogens with one attached hydrogen (secondary N) is 2. The molecule has 6 nitrogen and oxygen atoms in total. The number of nitrogens with zero attached hydrogens (tertiary/aromatic N) is 2. The Balaban J connectivity index is 0.00000261. The molecule has 148 valence electrons. The predicted molar refractivity (Wildman–Crippen MR) is 118 cm³/mol. The summed E-state index contributed by atoms with van der Waals surface area (Å²) in [5, 5.41) is 6.52. The van der Waals surface area contributed by atoms with Gasteiger partial charge < -0.3 is 19.8 Å². The third-order valence-corrected chi connectivity index (χ3v) is 4.38. The maximum Gasteiger partial charge on any atom is 0.214 e. The Bertz CT molecular complexity index is 737. The molecule has 2 aromatic rings. The van der Waals surface area contributed by atoms with Crippen molar-refractivity contribution in [1.29, 1.82) is 0 Å². The van der Waals surface area contributed by atoms with E-state index in [1.807, 2.05) is 39.0 Å². The third-order valence-electron chi connectivity index (χ3n) is 4.38. The summed E-state index contributed by atoms with van der Waals surface area (Å²) in [7, 11) is 0. The van der Waals surface area contributed by atoms with Crippen molar-refractivity contribution in [3.8, 4) is 5.75 Å². The van der Waals surface area contributed by atoms with Gasteiger partial charge in [-0.25, -0.2) is 9.98 Å². The molecule has 0 amide bonds. The van der Waals surface area contributed by atoms with E-state index in [0.717, 1.165) is 47.8 Å². The van der Waals surface area contributed by atoms with E-state index in [1.165, 1.54) is 12.8 Å². The molecule has 1 aromatic heterocycles. The molecule has 1 aliphatic carbocycles. The van der Waals surface area contributed by atoms with Crippen LogP contribution in [0.2, 0.25) is 0 Å². The summed E-state index contributed by atoms with van der Waals surface area (Å²) >= 11 is 0. The Hall–Kier alpha value is -1.77. The highest BCUT2D eigenvalue weighted by Crippen LogP contribution is 2.30. The van der Waals surface area contributed by atoms with E-state index in [4.69, 9.17) is 9.15 Å². The minimum atomic E-state index is 0. The van der Waals surface area contributed by atoms with E-state index < -0.39 is 0 Å². The molecule has 0 unspecified atom stereocenters. The molecule has 0 bridgehead atoms. The van der Waals surface area contributed by atoms with Crippen molar-refractivity contribution in [1.82, 2.24) is 15.6 Å². The second kappa shape index (κ2) is 10.5. The molecule has 0 aliphatic heterocycles. The monoisotopic (exact) mass is 484 g/mol. The van der Waals surface area contributed by atoms with E-state index in [2.05, 4.69) is 26.7 Å². The lowest BCUT2D eigenvalue weighted by atomic mass is 10.2. The standard InChI is InChI=1S/C20H28N4O2.HI/c1-4-21-20(23-12-19-24-14(2)15(3)26-19)22-11-17-7-5-6-8-18(17)25-13-16-9-10-16;/h5-8,16H,4,9-13H2,1-3H3,(H2,21,22,23);1H. The molecule has 1 saturated carbocycles. The highest BCUT2D eigenvalue weighted by atomic mass is 127. The number of rotatable bonds is 8. The normalized spacial score (nSPS) is 13.8. The number of guanidine groups is 1. The number of hydrogen-bond donors (Lipinski definition) is 2. The highest BCUT2D eigenvalue weighted by molar-refractivity contribution is 14.0. The first kappa shape index (κ1) is 21.5. The quantitative estimate of drug-likeness (QED) is 0.337. The predicted octanol–water partition coefficient (Wildman–Crippen LogP) is 3.95. The van der Waals surface area contributed by atoms with Crippen LogP contribution in [0.5, 0.6) is 5.75 Å². The van der Waals surface area contributed by atoms with Crippen LogP contribution in [0.3, 0.4) is 0 Å². The molecule has 2 N–H and O–H groups in total. The van der Waals surface area contributed by atoms with Crippen LogP contribution in [0.4, 0.5) is 0 Å². The van der Waals surface area contributed by atoms with Crippen LogP contribution in [-0.4, -0.2) is 24.1 Å². The third kappa shape index (κ3) is 6.71. The fourth-order valence-electron chi connectivity index (χ4n) is 2.55. The lowest BCUT2D eigenvalue weighted by Gasteiger charge is -2.12. The average Bonchev–Trinajstić information content (AvgIpc) is 3.41. The zero-order chi connectivity index (χ0) is 18.4. The van der Waals surface area contributed by atoms with Gasteiger partial charge in [-0.15, -0.1) is 24.0 Å². The van der Waals surface area contributed by atoms with Gasteiger partial charge in [0.15, 0.2) is 5.96 Å². The zero-order valence-corrected chi connectivity index (χ0v) is 18.6. The molecule has 7 heteroatoms. The summed E-state index contributed by atoms with van der Waals surface area (Å²) in [4.78, 5) is 9.07. The zero-order valence-electron chi connectivity index (χ0n) is 16.2. The van der Waals surface area contributed by atoms with Crippen LogP contribution in [0.1, 0.15) is 42.7 Å². The number of ether oxygens (including phenoxy) is 1. The van der Waals surface area contributed by atoms with Gasteiger partial charge in [-0.05, 0) is 45.6 Å². The molecule has 1 heterocycles. The summed E-state index contributed by atoms with van der Waals surface area (Å²) in [5.74, 6) is 3.92. The Morgan fingerprint density at radius 3 is 2.70 bits per heavy atom. The number of hydrogen-bond acceptors (Lipinski definition) is 4. The number of aromatic nitrogens is 1. The van der Waals surface area contributed by atoms with E-state index in [0.29, 0.717) is 19.0 Å². The van der Waals surface area contributed by atoms with Gasteiger partial charge in [-0.2, -0.15) is 0 Å². The number of benzene rings is 1. The van der Waals surface area contributed by atoms with Crippen LogP contribution in [0.25, 0.3) is 0 Å². The minimum absolute atomic E-state index is 0. The highest BCUT2D eigenvalue weighted by Gasteiger charge is 2.22. The molecule has 27 heavy (non-hydrogen) atoms. The van der Waals surface area contributed by atoms with Gasteiger partial charge in [0.05, 0.1) is 25.4 Å². The maximum atomic E-state index is 5.96. The number of para-hydroxylation sites is 1. The van der Waals surface area contributed by atoms with Crippen molar-refractivity contribution in [3.63, 3.8) is 0 Å². The van der Waals surface area contributed by atoms with Gasteiger partial charge in [0.1, 0.15) is 11.5 Å². The van der Waals surface area contributed by atoms with Crippen LogP contribution in [-0.2, 0) is 13.1 Å². The first-order valence-electron chi connectivity index (χ1n) is 9.31. The van der Waals surface area contributed by atoms with Crippen LogP contribution in [0, 0.1) is 19.8 Å². The van der Waals surface area contributed by atoms with Gasteiger partial charge in [0.2, 0.25) is 5.89 Å². The number of aryl methyl sites for hydroxylation is 2. The Morgan fingerprint density at radius 2 is 2.04 bits per heavy atom. The van der Waals surface area contributed by atoms with Crippen molar-refractivity contribution in [3.05, 3.63) is 47.2 Å². The lowest BCUT2D eigenvalue weighted by molar-refractivity contribution is 0.297.